The first-order valence-electron chi connectivity index (χ1n) is 20.2. The van der Waals surface area contributed by atoms with Crippen molar-refractivity contribution in [2.75, 3.05) is 35.8 Å². The summed E-state index contributed by atoms with van der Waals surface area (Å²) < 4.78 is 53.4. The van der Waals surface area contributed by atoms with Gasteiger partial charge in [-0.2, -0.15) is 8.42 Å². The van der Waals surface area contributed by atoms with E-state index in [0.29, 0.717) is 39.2 Å². The Morgan fingerprint density at radius 3 is 2.40 bits per heavy atom. The van der Waals surface area contributed by atoms with Gasteiger partial charge in [-0.3, -0.25) is 33.6 Å². The van der Waals surface area contributed by atoms with Crippen molar-refractivity contribution in [3.05, 3.63) is 100 Å². The number of amides is 4. The number of anilines is 2. The van der Waals surface area contributed by atoms with Gasteiger partial charge in [0.25, 0.3) is 5.91 Å². The number of carbonyl (C=O) groups excluding carboxylic acids is 4. The molecular weight excluding hydrogens is 794 g/mol. The van der Waals surface area contributed by atoms with Crippen LogP contribution in [0, 0.1) is 17.7 Å². The van der Waals surface area contributed by atoms with Crippen molar-refractivity contribution in [1.29, 1.82) is 0 Å². The fraction of sp³-hybridized carbons (Fsp3) is 0.372. The van der Waals surface area contributed by atoms with Crippen LogP contribution in [-0.2, 0) is 43.0 Å². The van der Waals surface area contributed by atoms with E-state index in [9.17, 15) is 32.4 Å². The molecule has 60 heavy (non-hydrogen) atoms. The van der Waals surface area contributed by atoms with Gasteiger partial charge in [-0.15, -0.1) is 0 Å². The van der Waals surface area contributed by atoms with Gasteiger partial charge >= 0.3 is 15.9 Å². The predicted molar refractivity (Wildman–Crippen MR) is 221 cm³/mol. The third-order valence-corrected chi connectivity index (χ3v) is 13.8. The predicted octanol–water partition coefficient (Wildman–Crippen LogP) is 4.21. The van der Waals surface area contributed by atoms with Crippen molar-refractivity contribution in [2.45, 2.75) is 57.1 Å². The van der Waals surface area contributed by atoms with Crippen LogP contribution in [0.4, 0.5) is 15.8 Å². The van der Waals surface area contributed by atoms with Crippen LogP contribution in [0.3, 0.4) is 0 Å². The van der Waals surface area contributed by atoms with E-state index < -0.39 is 40.4 Å². The van der Waals surface area contributed by atoms with E-state index >= 15 is 4.39 Å². The summed E-state index contributed by atoms with van der Waals surface area (Å²) in [6.45, 7) is 2.16. The number of piperidine rings is 2. The van der Waals surface area contributed by atoms with E-state index in [2.05, 4.69) is 21.6 Å². The molecule has 5 aromatic rings. The fourth-order valence-electron chi connectivity index (χ4n) is 9.15. The second-order valence-corrected chi connectivity index (χ2v) is 17.9. The van der Waals surface area contributed by atoms with Gasteiger partial charge in [-0.05, 0) is 110 Å². The quantitative estimate of drug-likeness (QED) is 0.174. The van der Waals surface area contributed by atoms with Crippen molar-refractivity contribution < 1.29 is 36.7 Å². The number of ether oxygens (including phenoxy) is 1. The molecule has 0 bridgehead atoms. The van der Waals surface area contributed by atoms with Crippen LogP contribution in [0.5, 0.6) is 5.75 Å². The zero-order chi connectivity index (χ0) is 41.9. The topological polar surface area (TPSA) is 181 Å². The summed E-state index contributed by atoms with van der Waals surface area (Å²) in [7, 11) is -2.62. The van der Waals surface area contributed by atoms with Crippen molar-refractivity contribution in [1.82, 2.24) is 24.1 Å². The molecule has 0 radical (unpaired) electrons. The number of imide groups is 1. The second-order valence-electron chi connectivity index (χ2n) is 16.3. The highest BCUT2D eigenvalue weighted by Gasteiger charge is 2.39. The highest BCUT2D eigenvalue weighted by Crippen LogP contribution is 2.41. The zero-order valence-corrected chi connectivity index (χ0v) is 33.7. The largest absolute Gasteiger partial charge is 0.487 e. The number of fused-ring (bicyclic) bond motifs is 2. The monoisotopic (exact) mass is 837 g/mol. The molecule has 4 aliphatic rings. The van der Waals surface area contributed by atoms with E-state index in [-0.39, 0.29) is 53.3 Å². The Hall–Kier alpha value is -6.07. The Kier molecular flexibility index (Phi) is 10.2. The lowest BCUT2D eigenvalue weighted by molar-refractivity contribution is -0.135. The number of aromatic nitrogens is 2. The maximum Gasteiger partial charge on any atom is 0.329 e. The third kappa shape index (κ3) is 7.40. The molecule has 15 nitrogen and oxygen atoms in total. The Morgan fingerprint density at radius 1 is 0.917 bits per heavy atom. The van der Waals surface area contributed by atoms with Gasteiger partial charge in [-0.1, -0.05) is 36.4 Å². The number of nitrogens with one attached hydrogen (secondary N) is 3. The summed E-state index contributed by atoms with van der Waals surface area (Å²) in [5, 5.41) is 5.82. The average molecular weight is 838 g/mol. The lowest BCUT2D eigenvalue weighted by Crippen LogP contribution is -2.44. The molecule has 1 aliphatic carbocycles. The number of benzene rings is 4. The van der Waals surface area contributed by atoms with Crippen LogP contribution < -0.4 is 30.1 Å². The summed E-state index contributed by atoms with van der Waals surface area (Å²) >= 11 is 0. The number of aryl methyl sites for hydroxylation is 1. The second kappa shape index (κ2) is 15.5. The summed E-state index contributed by atoms with van der Waals surface area (Å²) in [5.74, 6) is -2.07. The molecule has 17 heteroatoms. The van der Waals surface area contributed by atoms with E-state index in [4.69, 9.17) is 4.74 Å². The highest BCUT2D eigenvalue weighted by molar-refractivity contribution is 7.92. The first-order valence-corrected chi connectivity index (χ1v) is 21.6. The SMILES string of the molecule is Cn1c(=O)n(C2CCC(=O)NC2=O)c2ccc(C3CCN(CC4CC(C(=O)Nc5ccc6c(F)c(N7CC(=O)NS7(=O)=O)c(OCc7ccccc7)cc6c5)C4)CC3)cc21. The molecule has 4 heterocycles. The smallest absolute Gasteiger partial charge is 0.329 e. The van der Waals surface area contributed by atoms with Gasteiger partial charge in [0.05, 0.1) is 11.0 Å². The number of hydrogen-bond acceptors (Lipinski definition) is 9. The normalized spacial score (nSPS) is 22.1. The summed E-state index contributed by atoms with van der Waals surface area (Å²) in [4.78, 5) is 65.4. The van der Waals surface area contributed by atoms with Crippen molar-refractivity contribution in [3.8, 4) is 5.75 Å². The van der Waals surface area contributed by atoms with Crippen LogP contribution in [0.25, 0.3) is 21.8 Å². The number of hydrogen-bond donors (Lipinski definition) is 3. The number of rotatable bonds is 10. The first-order chi connectivity index (χ1) is 28.8. The number of likely N-dealkylation sites (tertiary alicyclic amines) is 1. The lowest BCUT2D eigenvalue weighted by Gasteiger charge is -2.40. The molecule has 312 valence electrons. The minimum Gasteiger partial charge on any atom is -0.487 e. The van der Waals surface area contributed by atoms with Gasteiger partial charge in [0.2, 0.25) is 17.7 Å². The van der Waals surface area contributed by atoms with Crippen LogP contribution >= 0.6 is 0 Å². The summed E-state index contributed by atoms with van der Waals surface area (Å²) in [6.07, 6.45) is 3.89. The molecular formula is C43H44FN7O8S. The van der Waals surface area contributed by atoms with Crippen molar-refractivity contribution in [2.24, 2.45) is 18.9 Å². The first kappa shape index (κ1) is 39.4. The maximum atomic E-state index is 16.2. The number of nitrogens with zero attached hydrogens (tertiary/aromatic N) is 4. The highest BCUT2D eigenvalue weighted by atomic mass is 32.2. The molecule has 1 atom stereocenters. The third-order valence-electron chi connectivity index (χ3n) is 12.4. The van der Waals surface area contributed by atoms with Crippen LogP contribution in [0.2, 0.25) is 0 Å². The molecule has 4 amide bonds. The molecule has 3 N–H and O–H groups in total. The van der Waals surface area contributed by atoms with E-state index in [0.717, 1.165) is 62.0 Å². The van der Waals surface area contributed by atoms with Gasteiger partial charge in [-0.25, -0.2) is 18.2 Å². The Balaban J connectivity index is 0.812. The fourth-order valence-corrected chi connectivity index (χ4v) is 10.3. The lowest BCUT2D eigenvalue weighted by atomic mass is 9.73. The maximum absolute atomic E-state index is 16.2. The molecule has 3 saturated heterocycles. The molecule has 1 saturated carbocycles. The minimum atomic E-state index is -4.33. The van der Waals surface area contributed by atoms with Crippen LogP contribution in [0.1, 0.15) is 61.6 Å². The van der Waals surface area contributed by atoms with E-state index in [1.807, 2.05) is 47.2 Å². The van der Waals surface area contributed by atoms with Gasteiger partial charge in [0, 0.05) is 37.0 Å². The average Bonchev–Trinajstić information content (AvgIpc) is 3.63. The van der Waals surface area contributed by atoms with Crippen LogP contribution in [-0.4, -0.2) is 72.3 Å². The number of halogens is 1. The minimum absolute atomic E-state index is 0.0234. The standard InChI is InChI=1S/C43H44FN7O8S/c1-48-35-20-28(7-10-33(35)51(43(48)56)34-11-12-37(52)46-42(34)55)27-13-15-49(16-14-27)22-26-17-30(18-26)41(54)45-31-8-9-32-29(19-31)21-36(59-24-25-5-3-2-4-6-25)40(39(32)44)50-23-38(53)47-60(50,57)58/h2-10,19-21,26-27,30,34H,11-18,22-24H2,1H3,(H,45,54)(H,47,53)(H,46,52,55). The van der Waals surface area contributed by atoms with Gasteiger partial charge < -0.3 is 15.0 Å². The van der Waals surface area contributed by atoms with E-state index in [1.54, 1.807) is 23.7 Å². The summed E-state index contributed by atoms with van der Waals surface area (Å²) in [5.41, 5.74) is 3.19. The van der Waals surface area contributed by atoms with Gasteiger partial charge in [0.1, 0.15) is 30.6 Å². The molecule has 0 spiro atoms. The molecule has 1 unspecified atom stereocenters. The molecule has 4 aromatic carbocycles. The van der Waals surface area contributed by atoms with Crippen molar-refractivity contribution in [3.63, 3.8) is 0 Å². The van der Waals surface area contributed by atoms with Crippen molar-refractivity contribution >= 4 is 67.0 Å². The van der Waals surface area contributed by atoms with Crippen LogP contribution in [0.15, 0.2) is 77.6 Å². The Morgan fingerprint density at radius 2 is 1.68 bits per heavy atom. The number of carbonyl (C=O) groups is 4. The molecule has 1 aromatic heterocycles. The molecule has 9 rings (SSSR count). The zero-order valence-electron chi connectivity index (χ0n) is 32.9. The summed E-state index contributed by atoms with van der Waals surface area (Å²) in [6, 6.07) is 20.6. The number of imidazole rings is 1. The Labute approximate surface area is 344 Å². The van der Waals surface area contributed by atoms with E-state index in [1.165, 1.54) is 16.7 Å². The molecule has 3 aliphatic heterocycles. The Bertz CT molecular complexity index is 2740. The molecule has 4 fully saturated rings. The van der Waals surface area contributed by atoms with Gasteiger partial charge in [0.15, 0.2) is 5.82 Å².